The van der Waals surface area contributed by atoms with Gasteiger partial charge in [0.15, 0.2) is 11.5 Å². The van der Waals surface area contributed by atoms with Gasteiger partial charge in [0.2, 0.25) is 5.91 Å². The number of rotatable bonds is 9. The largest absolute Gasteiger partial charge is 0.493 e. The second-order valence-corrected chi connectivity index (χ2v) is 5.83. The van der Waals surface area contributed by atoms with Gasteiger partial charge in [0, 0.05) is 6.42 Å². The van der Waals surface area contributed by atoms with E-state index in [1.807, 2.05) is 31.2 Å². The molecule has 2 aromatic rings. The van der Waals surface area contributed by atoms with Gasteiger partial charge in [-0.05, 0) is 37.1 Å². The van der Waals surface area contributed by atoms with Gasteiger partial charge in [-0.15, -0.1) is 0 Å². The monoisotopic (exact) mass is 373 g/mol. The van der Waals surface area contributed by atoms with Crippen molar-refractivity contribution in [3.8, 4) is 17.2 Å². The fourth-order valence-corrected chi connectivity index (χ4v) is 2.53. The highest BCUT2D eigenvalue weighted by molar-refractivity contribution is 5.96. The van der Waals surface area contributed by atoms with Gasteiger partial charge in [0.05, 0.1) is 32.1 Å². The summed E-state index contributed by atoms with van der Waals surface area (Å²) in [6.07, 6.45) is 0.729. The third-order valence-corrected chi connectivity index (χ3v) is 3.90. The van der Waals surface area contributed by atoms with Crippen molar-refractivity contribution in [1.82, 2.24) is 0 Å². The van der Waals surface area contributed by atoms with Crippen molar-refractivity contribution in [2.75, 3.05) is 26.1 Å². The standard InChI is InChI=1S/C20H23NO6/c1-13-7-4-5-8-16(13)27-10-6-9-18(22)21-15-11-14(20(23)24)12-17(25-2)19(15)26-3/h4-5,7-8,11-12H,6,9-10H2,1-3H3,(H,21,22)(H,23,24). The Morgan fingerprint density at radius 2 is 1.81 bits per heavy atom. The summed E-state index contributed by atoms with van der Waals surface area (Å²) in [4.78, 5) is 23.5. The zero-order valence-electron chi connectivity index (χ0n) is 15.6. The number of benzene rings is 2. The lowest BCUT2D eigenvalue weighted by Gasteiger charge is -2.15. The third kappa shape index (κ3) is 5.37. The molecule has 1 amide bonds. The number of carbonyl (C=O) groups is 2. The maximum Gasteiger partial charge on any atom is 0.335 e. The van der Waals surface area contributed by atoms with Gasteiger partial charge in [0.1, 0.15) is 5.75 Å². The Morgan fingerprint density at radius 3 is 2.44 bits per heavy atom. The molecule has 0 aliphatic carbocycles. The van der Waals surface area contributed by atoms with Crippen LogP contribution in [0, 0.1) is 6.92 Å². The molecule has 0 unspecified atom stereocenters. The third-order valence-electron chi connectivity index (χ3n) is 3.90. The second-order valence-electron chi connectivity index (χ2n) is 5.83. The van der Waals surface area contributed by atoms with E-state index in [1.165, 1.54) is 26.4 Å². The van der Waals surface area contributed by atoms with E-state index in [4.69, 9.17) is 14.2 Å². The van der Waals surface area contributed by atoms with Crippen LogP contribution in [0.25, 0.3) is 0 Å². The van der Waals surface area contributed by atoms with Crippen LogP contribution in [0.3, 0.4) is 0 Å². The molecule has 0 aliphatic heterocycles. The number of carbonyl (C=O) groups excluding carboxylic acids is 1. The number of ether oxygens (including phenoxy) is 3. The second kappa shape index (κ2) is 9.47. The van der Waals surface area contributed by atoms with Gasteiger partial charge in [-0.3, -0.25) is 4.79 Å². The molecule has 0 bridgehead atoms. The lowest BCUT2D eigenvalue weighted by Crippen LogP contribution is -2.14. The number of anilines is 1. The van der Waals surface area contributed by atoms with Crippen molar-refractivity contribution in [1.29, 1.82) is 0 Å². The molecule has 0 spiro atoms. The van der Waals surface area contributed by atoms with Crippen LogP contribution < -0.4 is 19.5 Å². The number of hydrogen-bond donors (Lipinski definition) is 2. The van der Waals surface area contributed by atoms with Crippen LogP contribution in [0.1, 0.15) is 28.8 Å². The molecule has 0 aliphatic rings. The van der Waals surface area contributed by atoms with Crippen molar-refractivity contribution in [2.45, 2.75) is 19.8 Å². The smallest absolute Gasteiger partial charge is 0.335 e. The highest BCUT2D eigenvalue weighted by Crippen LogP contribution is 2.36. The van der Waals surface area contributed by atoms with E-state index in [1.54, 1.807) is 0 Å². The predicted molar refractivity (Wildman–Crippen MR) is 101 cm³/mol. The summed E-state index contributed by atoms with van der Waals surface area (Å²) in [5.74, 6) is -0.106. The Morgan fingerprint density at radius 1 is 1.07 bits per heavy atom. The van der Waals surface area contributed by atoms with Gasteiger partial charge in [0.25, 0.3) is 0 Å². The van der Waals surface area contributed by atoms with Crippen LogP contribution in [0.5, 0.6) is 17.2 Å². The molecule has 0 fully saturated rings. The summed E-state index contributed by atoms with van der Waals surface area (Å²) in [5.41, 5.74) is 1.27. The Kier molecular flexibility index (Phi) is 7.05. The number of para-hydroxylation sites is 1. The van der Waals surface area contributed by atoms with Gasteiger partial charge in [-0.1, -0.05) is 18.2 Å². The van der Waals surface area contributed by atoms with E-state index < -0.39 is 5.97 Å². The predicted octanol–water partition coefficient (Wildman–Crippen LogP) is 3.51. The number of aromatic carboxylic acids is 1. The summed E-state index contributed by atoms with van der Waals surface area (Å²) in [7, 11) is 2.82. The number of hydrogen-bond acceptors (Lipinski definition) is 5. The van der Waals surface area contributed by atoms with Crippen LogP contribution in [-0.2, 0) is 4.79 Å². The van der Waals surface area contributed by atoms with Gasteiger partial charge < -0.3 is 24.6 Å². The fraction of sp³-hybridized carbons (Fsp3) is 0.300. The van der Waals surface area contributed by atoms with E-state index in [2.05, 4.69) is 5.32 Å². The molecule has 2 N–H and O–H groups in total. The SMILES string of the molecule is COc1cc(C(=O)O)cc(NC(=O)CCCOc2ccccc2C)c1OC. The molecule has 2 aromatic carbocycles. The van der Waals surface area contributed by atoms with Gasteiger partial charge in [-0.2, -0.15) is 0 Å². The maximum absolute atomic E-state index is 12.2. The lowest BCUT2D eigenvalue weighted by molar-refractivity contribution is -0.116. The molecular weight excluding hydrogens is 350 g/mol. The van der Waals surface area contributed by atoms with Crippen LogP contribution in [-0.4, -0.2) is 37.8 Å². The van der Waals surface area contributed by atoms with Gasteiger partial charge in [-0.25, -0.2) is 4.79 Å². The first kappa shape index (κ1) is 20.1. The van der Waals surface area contributed by atoms with Crippen molar-refractivity contribution in [3.05, 3.63) is 47.5 Å². The lowest BCUT2D eigenvalue weighted by atomic mass is 10.1. The van der Waals surface area contributed by atoms with E-state index in [-0.39, 0.29) is 35.1 Å². The molecule has 0 saturated carbocycles. The Labute approximate surface area is 157 Å². The van der Waals surface area contributed by atoms with E-state index in [0.29, 0.717) is 13.0 Å². The molecule has 27 heavy (non-hydrogen) atoms. The quantitative estimate of drug-likeness (QED) is 0.653. The summed E-state index contributed by atoms with van der Waals surface area (Å²) in [5, 5.41) is 11.9. The zero-order chi connectivity index (χ0) is 19.8. The van der Waals surface area contributed by atoms with Crippen molar-refractivity contribution >= 4 is 17.6 Å². The van der Waals surface area contributed by atoms with Gasteiger partial charge >= 0.3 is 5.97 Å². The number of methoxy groups -OCH3 is 2. The molecular formula is C20H23NO6. The molecule has 7 nitrogen and oxygen atoms in total. The maximum atomic E-state index is 12.2. The Balaban J connectivity index is 1.97. The Bertz CT molecular complexity index is 818. The summed E-state index contributed by atoms with van der Waals surface area (Å²) < 4.78 is 16.1. The molecule has 2 rings (SSSR count). The van der Waals surface area contributed by atoms with Crippen LogP contribution >= 0.6 is 0 Å². The van der Waals surface area contributed by atoms with Crippen LogP contribution in [0.4, 0.5) is 5.69 Å². The first-order valence-corrected chi connectivity index (χ1v) is 8.44. The number of carboxylic acids is 1. The van der Waals surface area contributed by atoms with Crippen molar-refractivity contribution < 1.29 is 28.9 Å². The molecule has 0 aromatic heterocycles. The first-order chi connectivity index (χ1) is 13.0. The highest BCUT2D eigenvalue weighted by atomic mass is 16.5. The average molecular weight is 373 g/mol. The summed E-state index contributed by atoms with van der Waals surface area (Å²) in [6.45, 7) is 2.35. The van der Waals surface area contributed by atoms with Crippen LogP contribution in [0.15, 0.2) is 36.4 Å². The molecule has 0 heterocycles. The Hall–Kier alpha value is -3.22. The minimum absolute atomic E-state index is 0.00849. The van der Waals surface area contributed by atoms with E-state index in [0.717, 1.165) is 11.3 Å². The normalized spacial score (nSPS) is 10.2. The highest BCUT2D eigenvalue weighted by Gasteiger charge is 2.17. The molecule has 0 radical (unpaired) electrons. The van der Waals surface area contributed by atoms with Crippen LogP contribution in [0.2, 0.25) is 0 Å². The number of carboxylic acid groups (broad SMARTS) is 1. The fourth-order valence-electron chi connectivity index (χ4n) is 2.53. The summed E-state index contributed by atoms with van der Waals surface area (Å²) in [6, 6.07) is 10.3. The topological polar surface area (TPSA) is 94.1 Å². The number of aryl methyl sites for hydroxylation is 1. The van der Waals surface area contributed by atoms with E-state index >= 15 is 0 Å². The molecule has 144 valence electrons. The number of nitrogens with one attached hydrogen (secondary N) is 1. The average Bonchev–Trinajstić information content (AvgIpc) is 2.65. The molecule has 7 heteroatoms. The number of amides is 1. The minimum Gasteiger partial charge on any atom is -0.493 e. The van der Waals surface area contributed by atoms with Crippen molar-refractivity contribution in [2.24, 2.45) is 0 Å². The van der Waals surface area contributed by atoms with E-state index in [9.17, 15) is 14.7 Å². The molecule has 0 atom stereocenters. The minimum atomic E-state index is -1.13. The summed E-state index contributed by atoms with van der Waals surface area (Å²) >= 11 is 0. The molecule has 0 saturated heterocycles. The zero-order valence-corrected chi connectivity index (χ0v) is 15.6. The first-order valence-electron chi connectivity index (χ1n) is 8.44. The van der Waals surface area contributed by atoms with Crippen molar-refractivity contribution in [3.63, 3.8) is 0 Å².